The minimum absolute atomic E-state index is 0.173. The van der Waals surface area contributed by atoms with Crippen LogP contribution in [0.25, 0.3) is 0 Å². The van der Waals surface area contributed by atoms with Crippen molar-refractivity contribution in [3.8, 4) is 0 Å². The zero-order valence-electron chi connectivity index (χ0n) is 7.34. The van der Waals surface area contributed by atoms with Gasteiger partial charge in [0.15, 0.2) is 0 Å². The highest BCUT2D eigenvalue weighted by Crippen LogP contribution is 2.37. The third-order valence-corrected chi connectivity index (χ3v) is 3.25. The second-order valence-corrected chi connectivity index (χ2v) is 4.17. The lowest BCUT2D eigenvalue weighted by Crippen LogP contribution is -2.04. The first-order chi connectivity index (χ1) is 6.27. The predicted molar refractivity (Wildman–Crippen MR) is 52.6 cm³/mol. The Kier molecular flexibility index (Phi) is 2.54. The van der Waals surface area contributed by atoms with E-state index in [4.69, 9.17) is 11.6 Å². The standard InChI is InChI=1S/C11H12ClF/c12-11-3-1-2-10(11)8-4-6-9(13)7-5-8/h4-7,10-11H,1-3H2. The summed E-state index contributed by atoms with van der Waals surface area (Å²) in [6.45, 7) is 0. The van der Waals surface area contributed by atoms with Crippen LogP contribution in [-0.2, 0) is 0 Å². The van der Waals surface area contributed by atoms with E-state index in [1.165, 1.54) is 24.1 Å². The van der Waals surface area contributed by atoms with Crippen LogP contribution in [-0.4, -0.2) is 5.38 Å². The molecule has 2 atom stereocenters. The Hall–Kier alpha value is -0.560. The fourth-order valence-electron chi connectivity index (χ4n) is 2.00. The topological polar surface area (TPSA) is 0 Å². The molecule has 0 N–H and O–H groups in total. The van der Waals surface area contributed by atoms with Crippen LogP contribution in [0, 0.1) is 5.82 Å². The second kappa shape index (κ2) is 3.67. The summed E-state index contributed by atoms with van der Waals surface area (Å²) in [6, 6.07) is 6.72. The summed E-state index contributed by atoms with van der Waals surface area (Å²) in [6.07, 6.45) is 3.42. The number of halogens is 2. The maximum Gasteiger partial charge on any atom is 0.123 e. The van der Waals surface area contributed by atoms with Gasteiger partial charge in [0.1, 0.15) is 5.82 Å². The first-order valence-electron chi connectivity index (χ1n) is 4.67. The van der Waals surface area contributed by atoms with Crippen LogP contribution < -0.4 is 0 Å². The van der Waals surface area contributed by atoms with E-state index in [1.807, 2.05) is 12.1 Å². The van der Waals surface area contributed by atoms with Crippen molar-refractivity contribution in [3.05, 3.63) is 35.6 Å². The quantitative estimate of drug-likeness (QED) is 0.604. The molecule has 1 saturated carbocycles. The van der Waals surface area contributed by atoms with Crippen molar-refractivity contribution in [2.75, 3.05) is 0 Å². The second-order valence-electron chi connectivity index (χ2n) is 3.60. The van der Waals surface area contributed by atoms with E-state index in [2.05, 4.69) is 0 Å². The summed E-state index contributed by atoms with van der Waals surface area (Å²) in [5.41, 5.74) is 1.18. The van der Waals surface area contributed by atoms with Crippen LogP contribution in [0.4, 0.5) is 4.39 Å². The van der Waals surface area contributed by atoms with E-state index in [0.717, 1.165) is 12.8 Å². The molecular weight excluding hydrogens is 187 g/mol. The normalized spacial score (nSPS) is 27.8. The van der Waals surface area contributed by atoms with Crippen LogP contribution in [0.1, 0.15) is 30.7 Å². The lowest BCUT2D eigenvalue weighted by molar-refractivity contribution is 0.624. The third-order valence-electron chi connectivity index (χ3n) is 2.73. The van der Waals surface area contributed by atoms with Gasteiger partial charge in [-0.05, 0) is 30.5 Å². The van der Waals surface area contributed by atoms with Gasteiger partial charge >= 0.3 is 0 Å². The lowest BCUT2D eigenvalue weighted by Gasteiger charge is -2.13. The Bertz CT molecular complexity index is 281. The Morgan fingerprint density at radius 2 is 1.85 bits per heavy atom. The third kappa shape index (κ3) is 1.86. The maximum absolute atomic E-state index is 12.6. The maximum atomic E-state index is 12.6. The Labute approximate surface area is 82.7 Å². The van der Waals surface area contributed by atoms with Gasteiger partial charge in [0.05, 0.1) is 0 Å². The molecule has 0 heterocycles. The van der Waals surface area contributed by atoms with Gasteiger partial charge in [0, 0.05) is 11.3 Å². The van der Waals surface area contributed by atoms with Crippen molar-refractivity contribution in [3.63, 3.8) is 0 Å². The minimum atomic E-state index is -0.173. The molecule has 0 amide bonds. The number of benzene rings is 1. The minimum Gasteiger partial charge on any atom is -0.207 e. The zero-order valence-corrected chi connectivity index (χ0v) is 8.10. The van der Waals surface area contributed by atoms with Crippen LogP contribution in [0.15, 0.2) is 24.3 Å². The van der Waals surface area contributed by atoms with Crippen molar-refractivity contribution in [2.45, 2.75) is 30.6 Å². The molecule has 2 heteroatoms. The smallest absolute Gasteiger partial charge is 0.123 e. The number of alkyl halides is 1. The fourth-order valence-corrected chi connectivity index (χ4v) is 2.43. The Balaban J connectivity index is 2.20. The molecule has 0 radical (unpaired) electrons. The molecule has 0 nitrogen and oxygen atoms in total. The summed E-state index contributed by atoms with van der Waals surface area (Å²) in [5, 5.41) is 0.241. The van der Waals surface area contributed by atoms with Gasteiger partial charge in [0.25, 0.3) is 0 Å². The highest BCUT2D eigenvalue weighted by Gasteiger charge is 2.26. The molecule has 70 valence electrons. The molecule has 0 saturated heterocycles. The van der Waals surface area contributed by atoms with E-state index in [0.29, 0.717) is 5.92 Å². The molecule has 1 aliphatic rings. The van der Waals surface area contributed by atoms with Crippen molar-refractivity contribution >= 4 is 11.6 Å². The molecule has 1 aliphatic carbocycles. The molecule has 0 aromatic heterocycles. The highest BCUT2D eigenvalue weighted by atomic mass is 35.5. The molecule has 0 spiro atoms. The molecule has 1 aromatic carbocycles. The Morgan fingerprint density at radius 3 is 2.38 bits per heavy atom. The van der Waals surface area contributed by atoms with Crippen molar-refractivity contribution in [1.29, 1.82) is 0 Å². The molecule has 0 aliphatic heterocycles. The van der Waals surface area contributed by atoms with Crippen LogP contribution in [0.2, 0.25) is 0 Å². The lowest BCUT2D eigenvalue weighted by atomic mass is 9.97. The van der Waals surface area contributed by atoms with E-state index in [9.17, 15) is 4.39 Å². The summed E-state index contributed by atoms with van der Waals surface area (Å²) >= 11 is 6.16. The van der Waals surface area contributed by atoms with E-state index in [1.54, 1.807) is 0 Å². The molecule has 13 heavy (non-hydrogen) atoms. The number of rotatable bonds is 1. The molecule has 2 rings (SSSR count). The summed E-state index contributed by atoms with van der Waals surface area (Å²) in [5.74, 6) is 0.259. The molecular formula is C11H12ClF. The number of hydrogen-bond acceptors (Lipinski definition) is 0. The summed E-state index contributed by atoms with van der Waals surface area (Å²) in [4.78, 5) is 0. The van der Waals surface area contributed by atoms with Gasteiger partial charge in [-0.3, -0.25) is 0 Å². The van der Waals surface area contributed by atoms with Crippen molar-refractivity contribution < 1.29 is 4.39 Å². The zero-order chi connectivity index (χ0) is 9.26. The molecule has 1 aromatic rings. The molecule has 1 fully saturated rings. The van der Waals surface area contributed by atoms with Crippen LogP contribution >= 0.6 is 11.6 Å². The van der Waals surface area contributed by atoms with Gasteiger partial charge in [-0.2, -0.15) is 0 Å². The van der Waals surface area contributed by atoms with Crippen LogP contribution in [0.3, 0.4) is 0 Å². The van der Waals surface area contributed by atoms with Crippen molar-refractivity contribution in [1.82, 2.24) is 0 Å². The summed E-state index contributed by atoms with van der Waals surface area (Å²) in [7, 11) is 0. The first kappa shape index (κ1) is 9.01. The molecule has 0 bridgehead atoms. The van der Waals surface area contributed by atoms with Gasteiger partial charge in [-0.1, -0.05) is 18.6 Å². The fraction of sp³-hybridized carbons (Fsp3) is 0.455. The largest absolute Gasteiger partial charge is 0.207 e. The molecule has 2 unspecified atom stereocenters. The van der Waals surface area contributed by atoms with Gasteiger partial charge < -0.3 is 0 Å². The van der Waals surface area contributed by atoms with E-state index >= 15 is 0 Å². The summed E-state index contributed by atoms with van der Waals surface area (Å²) < 4.78 is 12.6. The first-order valence-corrected chi connectivity index (χ1v) is 5.10. The average Bonchev–Trinajstić information content (AvgIpc) is 2.53. The SMILES string of the molecule is Fc1ccc(C2CCCC2Cl)cc1. The van der Waals surface area contributed by atoms with Crippen LogP contribution in [0.5, 0.6) is 0 Å². The predicted octanol–water partition coefficient (Wildman–Crippen LogP) is 3.70. The van der Waals surface area contributed by atoms with Crippen molar-refractivity contribution in [2.24, 2.45) is 0 Å². The monoisotopic (exact) mass is 198 g/mol. The van der Waals surface area contributed by atoms with E-state index in [-0.39, 0.29) is 11.2 Å². The van der Waals surface area contributed by atoms with Gasteiger partial charge in [-0.15, -0.1) is 11.6 Å². The van der Waals surface area contributed by atoms with E-state index < -0.39 is 0 Å². The average molecular weight is 199 g/mol. The Morgan fingerprint density at radius 1 is 1.15 bits per heavy atom. The van der Waals surface area contributed by atoms with Gasteiger partial charge in [-0.25, -0.2) is 4.39 Å². The van der Waals surface area contributed by atoms with Gasteiger partial charge in [0.2, 0.25) is 0 Å². The highest BCUT2D eigenvalue weighted by molar-refractivity contribution is 6.21. The number of hydrogen-bond donors (Lipinski definition) is 0.